The highest BCUT2D eigenvalue weighted by atomic mass is 16.5. The number of carbonyl (C=O) groups excluding carboxylic acids is 2. The summed E-state index contributed by atoms with van der Waals surface area (Å²) in [5.41, 5.74) is 3.60. The number of fused-ring (bicyclic) bond motifs is 1. The molecule has 1 aliphatic heterocycles. The molecule has 0 saturated carbocycles. The summed E-state index contributed by atoms with van der Waals surface area (Å²) in [6.45, 7) is 1.48. The van der Waals surface area contributed by atoms with E-state index in [0.717, 1.165) is 11.1 Å². The van der Waals surface area contributed by atoms with Crippen LogP contribution in [0.15, 0.2) is 72.8 Å². The Hall–Kier alpha value is -3.40. The average molecular weight is 371 g/mol. The first kappa shape index (κ1) is 18.0. The highest BCUT2D eigenvalue weighted by Gasteiger charge is 2.38. The Bertz CT molecular complexity index is 1030. The van der Waals surface area contributed by atoms with E-state index >= 15 is 0 Å². The number of Topliss-reactive ketones (excluding diaryl/α,β-unsaturated/α-hetero) is 2. The summed E-state index contributed by atoms with van der Waals surface area (Å²) in [4.78, 5) is 25.6. The number of ether oxygens (including phenoxy) is 1. The summed E-state index contributed by atoms with van der Waals surface area (Å²) >= 11 is 0. The molecule has 0 amide bonds. The molecule has 0 fully saturated rings. The van der Waals surface area contributed by atoms with Gasteiger partial charge < -0.3 is 10.1 Å². The fourth-order valence-corrected chi connectivity index (χ4v) is 3.86. The molecule has 2 unspecified atom stereocenters. The van der Waals surface area contributed by atoms with Crippen molar-refractivity contribution in [2.45, 2.75) is 18.9 Å². The van der Waals surface area contributed by atoms with Crippen molar-refractivity contribution >= 4 is 17.3 Å². The third kappa shape index (κ3) is 3.07. The summed E-state index contributed by atoms with van der Waals surface area (Å²) in [5.74, 6) is -0.0475. The number of nitrogens with one attached hydrogen (secondary N) is 1. The average Bonchev–Trinajstić information content (AvgIpc) is 2.74. The minimum Gasteiger partial charge on any atom is -0.496 e. The Balaban J connectivity index is 1.90. The van der Waals surface area contributed by atoms with Gasteiger partial charge in [-0.25, -0.2) is 0 Å². The van der Waals surface area contributed by atoms with E-state index in [1.165, 1.54) is 14.0 Å². The van der Waals surface area contributed by atoms with Gasteiger partial charge in [0.25, 0.3) is 0 Å². The first-order chi connectivity index (χ1) is 13.6. The summed E-state index contributed by atoms with van der Waals surface area (Å²) in [5, 5.41) is 3.52. The maximum absolute atomic E-state index is 13.6. The van der Waals surface area contributed by atoms with Crippen molar-refractivity contribution in [2.24, 2.45) is 0 Å². The van der Waals surface area contributed by atoms with E-state index < -0.39 is 0 Å². The number of hydrogen-bond donors (Lipinski definition) is 1. The quantitative estimate of drug-likeness (QED) is 0.654. The van der Waals surface area contributed by atoms with E-state index in [9.17, 15) is 9.59 Å². The molecule has 0 spiro atoms. The maximum atomic E-state index is 13.6. The molecule has 4 heteroatoms. The van der Waals surface area contributed by atoms with Gasteiger partial charge in [-0.15, -0.1) is 0 Å². The number of carbonyl (C=O) groups is 2. The number of methoxy groups -OCH3 is 1. The monoisotopic (exact) mass is 371 g/mol. The summed E-state index contributed by atoms with van der Waals surface area (Å²) in [7, 11) is 1.53. The van der Waals surface area contributed by atoms with Gasteiger partial charge in [-0.1, -0.05) is 60.7 Å². The van der Waals surface area contributed by atoms with E-state index in [4.69, 9.17) is 4.74 Å². The molecular formula is C24H21NO3. The lowest BCUT2D eigenvalue weighted by Crippen LogP contribution is -2.32. The topological polar surface area (TPSA) is 55.4 Å². The minimum absolute atomic E-state index is 0.000967. The zero-order chi connectivity index (χ0) is 19.7. The zero-order valence-electron chi connectivity index (χ0n) is 15.8. The zero-order valence-corrected chi connectivity index (χ0v) is 15.8. The summed E-state index contributed by atoms with van der Waals surface area (Å²) < 4.78 is 5.39. The van der Waals surface area contributed by atoms with Crippen molar-refractivity contribution in [3.05, 3.63) is 95.1 Å². The number of hydrogen-bond acceptors (Lipinski definition) is 4. The van der Waals surface area contributed by atoms with Gasteiger partial charge in [-0.2, -0.15) is 0 Å². The number of ketones is 2. The third-order valence-corrected chi connectivity index (χ3v) is 5.23. The Morgan fingerprint density at radius 3 is 2.11 bits per heavy atom. The Morgan fingerprint density at radius 2 is 1.54 bits per heavy atom. The maximum Gasteiger partial charge on any atom is 0.174 e. The van der Waals surface area contributed by atoms with Gasteiger partial charge >= 0.3 is 0 Å². The van der Waals surface area contributed by atoms with Crippen molar-refractivity contribution in [2.75, 3.05) is 12.4 Å². The van der Waals surface area contributed by atoms with Crippen LogP contribution in [0.1, 0.15) is 50.7 Å². The highest BCUT2D eigenvalue weighted by molar-refractivity contribution is 6.10. The normalized spacial score (nSPS) is 18.1. The molecule has 0 aliphatic carbocycles. The molecule has 0 bridgehead atoms. The Labute approximate surface area is 164 Å². The van der Waals surface area contributed by atoms with E-state index in [0.29, 0.717) is 22.6 Å². The summed E-state index contributed by atoms with van der Waals surface area (Å²) in [6, 6.07) is 22.9. The fourth-order valence-electron chi connectivity index (χ4n) is 3.86. The third-order valence-electron chi connectivity index (χ3n) is 5.23. The fraction of sp³-hybridized carbons (Fsp3) is 0.167. The van der Waals surface area contributed by atoms with Gasteiger partial charge in [0.2, 0.25) is 0 Å². The van der Waals surface area contributed by atoms with Crippen LogP contribution in [0.2, 0.25) is 0 Å². The molecule has 1 N–H and O–H groups in total. The van der Waals surface area contributed by atoms with Gasteiger partial charge in [-0.05, 0) is 24.1 Å². The lowest BCUT2D eigenvalue weighted by atomic mass is 9.78. The molecule has 1 heterocycles. The van der Waals surface area contributed by atoms with Gasteiger partial charge in [0.05, 0.1) is 24.6 Å². The summed E-state index contributed by atoms with van der Waals surface area (Å²) in [6.07, 6.45) is 0. The van der Waals surface area contributed by atoms with Crippen LogP contribution in [0.4, 0.5) is 5.69 Å². The minimum atomic E-state index is -0.385. The molecule has 0 radical (unpaired) electrons. The van der Waals surface area contributed by atoms with Crippen LogP contribution in [0.25, 0.3) is 0 Å². The van der Waals surface area contributed by atoms with Crippen LogP contribution in [-0.2, 0) is 0 Å². The molecule has 4 nitrogen and oxygen atoms in total. The predicted octanol–water partition coefficient (Wildman–Crippen LogP) is 5.03. The molecule has 3 aromatic carbocycles. The largest absolute Gasteiger partial charge is 0.496 e. The molecule has 28 heavy (non-hydrogen) atoms. The van der Waals surface area contributed by atoms with Gasteiger partial charge in [-0.3, -0.25) is 9.59 Å². The lowest BCUT2D eigenvalue weighted by molar-refractivity contribution is 0.0945. The number of anilines is 1. The lowest BCUT2D eigenvalue weighted by Gasteiger charge is -2.34. The standard InChI is InChI=1S/C24H21NO3/c1-15(26)18-13-19-20(14-21(18)28-2)25-23(17-11-7-4-8-12-17)22(24(19)27)16-9-5-3-6-10-16/h3-14,22-23,25H,1-2H3. The van der Waals surface area contributed by atoms with Crippen molar-refractivity contribution in [1.82, 2.24) is 0 Å². The second kappa shape index (κ2) is 7.31. The van der Waals surface area contributed by atoms with Crippen LogP contribution in [0.3, 0.4) is 0 Å². The van der Waals surface area contributed by atoms with E-state index in [2.05, 4.69) is 5.32 Å². The van der Waals surface area contributed by atoms with Crippen molar-refractivity contribution < 1.29 is 14.3 Å². The van der Waals surface area contributed by atoms with E-state index in [1.807, 2.05) is 60.7 Å². The number of rotatable bonds is 4. The molecule has 1 aliphatic rings. The molecule has 4 rings (SSSR count). The second-order valence-electron chi connectivity index (χ2n) is 6.94. The molecule has 0 aromatic heterocycles. The van der Waals surface area contributed by atoms with Gasteiger partial charge in [0.1, 0.15) is 5.75 Å². The molecular weight excluding hydrogens is 350 g/mol. The van der Waals surface area contributed by atoms with Crippen molar-refractivity contribution in [3.63, 3.8) is 0 Å². The molecule has 3 aromatic rings. The SMILES string of the molecule is COc1cc2c(cc1C(C)=O)C(=O)C(c1ccccc1)C(c1ccccc1)N2. The molecule has 140 valence electrons. The number of benzene rings is 3. The van der Waals surface area contributed by atoms with Crippen LogP contribution in [-0.4, -0.2) is 18.7 Å². The van der Waals surface area contributed by atoms with E-state index in [-0.39, 0.29) is 23.5 Å². The van der Waals surface area contributed by atoms with Crippen LogP contribution in [0, 0.1) is 0 Å². The second-order valence-corrected chi connectivity index (χ2v) is 6.94. The van der Waals surface area contributed by atoms with E-state index in [1.54, 1.807) is 12.1 Å². The molecule has 2 atom stereocenters. The van der Waals surface area contributed by atoms with Crippen molar-refractivity contribution in [1.29, 1.82) is 0 Å². The highest BCUT2D eigenvalue weighted by Crippen LogP contribution is 2.44. The first-order valence-electron chi connectivity index (χ1n) is 9.23. The first-order valence-corrected chi connectivity index (χ1v) is 9.23. The van der Waals surface area contributed by atoms with Gasteiger partial charge in [0.15, 0.2) is 11.6 Å². The van der Waals surface area contributed by atoms with Crippen molar-refractivity contribution in [3.8, 4) is 5.75 Å². The van der Waals surface area contributed by atoms with Crippen LogP contribution >= 0.6 is 0 Å². The van der Waals surface area contributed by atoms with Gasteiger partial charge in [0, 0.05) is 17.3 Å². The Morgan fingerprint density at radius 1 is 0.929 bits per heavy atom. The smallest absolute Gasteiger partial charge is 0.174 e. The predicted molar refractivity (Wildman–Crippen MR) is 109 cm³/mol. The Kier molecular flexibility index (Phi) is 4.70. The van der Waals surface area contributed by atoms with Crippen LogP contribution in [0.5, 0.6) is 5.75 Å². The molecule has 0 saturated heterocycles. The van der Waals surface area contributed by atoms with Crippen LogP contribution < -0.4 is 10.1 Å².